The maximum Gasteiger partial charge on any atom is 0.276 e. The van der Waals surface area contributed by atoms with Gasteiger partial charge >= 0.3 is 0 Å². The molecule has 0 aliphatic heterocycles. The zero-order chi connectivity index (χ0) is 13.0. The summed E-state index contributed by atoms with van der Waals surface area (Å²) in [6, 6.07) is 1.72. The third kappa shape index (κ3) is 3.01. The first-order valence-electron chi connectivity index (χ1n) is 5.38. The molecule has 1 N–H and O–H groups in total. The van der Waals surface area contributed by atoms with Crippen LogP contribution in [0.3, 0.4) is 0 Å². The Hall–Kier alpha value is -2.02. The van der Waals surface area contributed by atoms with E-state index in [2.05, 4.69) is 19.7 Å². The van der Waals surface area contributed by atoms with Crippen molar-refractivity contribution in [1.29, 1.82) is 0 Å². The number of rotatable bonds is 4. The lowest BCUT2D eigenvalue weighted by Crippen LogP contribution is -2.13. The number of ether oxygens (including phenoxy) is 1. The Morgan fingerprint density at radius 3 is 3.00 bits per heavy atom. The zero-order valence-corrected chi connectivity index (χ0v) is 10.8. The van der Waals surface area contributed by atoms with Crippen molar-refractivity contribution in [3.63, 3.8) is 0 Å². The summed E-state index contributed by atoms with van der Waals surface area (Å²) in [6.45, 7) is 4.24. The predicted octanol–water partition coefficient (Wildman–Crippen LogP) is 1.89. The summed E-state index contributed by atoms with van der Waals surface area (Å²) in [5.74, 6) is 0.420. The molecular formula is C11H12N4O2S. The Morgan fingerprint density at radius 2 is 2.33 bits per heavy atom. The second-order valence-electron chi connectivity index (χ2n) is 3.45. The van der Waals surface area contributed by atoms with Crippen molar-refractivity contribution in [1.82, 2.24) is 14.3 Å². The lowest BCUT2D eigenvalue weighted by Gasteiger charge is -2.04. The van der Waals surface area contributed by atoms with E-state index in [1.165, 1.54) is 23.9 Å². The second kappa shape index (κ2) is 5.54. The summed E-state index contributed by atoms with van der Waals surface area (Å²) in [4.78, 5) is 20.8. The highest BCUT2D eigenvalue weighted by molar-refractivity contribution is 7.05. The number of nitrogens with one attached hydrogen (secondary N) is 1. The van der Waals surface area contributed by atoms with E-state index in [-0.39, 0.29) is 5.91 Å². The minimum Gasteiger partial charge on any atom is -0.477 e. The molecule has 0 aromatic carbocycles. The normalized spacial score (nSPS) is 10.1. The molecule has 2 aromatic rings. The molecule has 0 radical (unpaired) electrons. The highest BCUT2D eigenvalue weighted by Gasteiger charge is 2.11. The van der Waals surface area contributed by atoms with Gasteiger partial charge in [0, 0.05) is 4.88 Å². The number of hydrogen-bond acceptors (Lipinski definition) is 6. The molecule has 1 amide bonds. The molecule has 18 heavy (non-hydrogen) atoms. The van der Waals surface area contributed by atoms with Crippen LogP contribution in [0.15, 0.2) is 18.5 Å². The van der Waals surface area contributed by atoms with Gasteiger partial charge < -0.3 is 10.1 Å². The van der Waals surface area contributed by atoms with Gasteiger partial charge in [-0.3, -0.25) is 9.78 Å². The molecule has 0 saturated carbocycles. The van der Waals surface area contributed by atoms with Crippen LogP contribution in [-0.4, -0.2) is 26.9 Å². The van der Waals surface area contributed by atoms with Crippen molar-refractivity contribution < 1.29 is 9.53 Å². The van der Waals surface area contributed by atoms with Gasteiger partial charge in [-0.2, -0.15) is 9.36 Å². The van der Waals surface area contributed by atoms with Crippen molar-refractivity contribution >= 4 is 23.3 Å². The van der Waals surface area contributed by atoms with Gasteiger partial charge in [0.2, 0.25) is 5.88 Å². The molecule has 0 aliphatic rings. The molecule has 0 aliphatic carbocycles. The maximum atomic E-state index is 11.8. The van der Waals surface area contributed by atoms with E-state index in [1.807, 2.05) is 13.8 Å². The molecule has 0 atom stereocenters. The molecule has 0 fully saturated rings. The summed E-state index contributed by atoms with van der Waals surface area (Å²) < 4.78 is 9.22. The summed E-state index contributed by atoms with van der Waals surface area (Å²) >= 11 is 1.28. The van der Waals surface area contributed by atoms with Gasteiger partial charge in [0.25, 0.3) is 5.91 Å². The largest absolute Gasteiger partial charge is 0.477 e. The fraction of sp³-hybridized carbons (Fsp3) is 0.273. The van der Waals surface area contributed by atoms with Crippen molar-refractivity contribution in [2.45, 2.75) is 13.8 Å². The summed E-state index contributed by atoms with van der Waals surface area (Å²) in [5, 5.41) is 2.62. The average molecular weight is 264 g/mol. The average Bonchev–Trinajstić information content (AvgIpc) is 2.77. The minimum absolute atomic E-state index is 0.303. The topological polar surface area (TPSA) is 77.0 Å². The smallest absolute Gasteiger partial charge is 0.276 e. The van der Waals surface area contributed by atoms with Crippen LogP contribution in [0.5, 0.6) is 5.88 Å². The zero-order valence-electron chi connectivity index (χ0n) is 10.0. The molecule has 0 saturated heterocycles. The monoisotopic (exact) mass is 264 g/mol. The van der Waals surface area contributed by atoms with Crippen molar-refractivity contribution in [2.24, 2.45) is 0 Å². The first-order chi connectivity index (χ1) is 8.69. The Bertz CT molecular complexity index is 555. The lowest BCUT2D eigenvalue weighted by atomic mass is 10.3. The molecule has 7 heteroatoms. The van der Waals surface area contributed by atoms with Gasteiger partial charge in [0.15, 0.2) is 5.82 Å². The van der Waals surface area contributed by atoms with Crippen molar-refractivity contribution in [3.05, 3.63) is 29.0 Å². The number of aromatic nitrogens is 3. The molecule has 94 valence electrons. The van der Waals surface area contributed by atoms with Crippen LogP contribution in [0.1, 0.15) is 22.3 Å². The molecule has 2 rings (SSSR count). The van der Waals surface area contributed by atoms with Crippen LogP contribution >= 0.6 is 11.5 Å². The van der Waals surface area contributed by atoms with E-state index < -0.39 is 0 Å². The Balaban J connectivity index is 2.09. The van der Waals surface area contributed by atoms with E-state index in [9.17, 15) is 4.79 Å². The molecule has 0 spiro atoms. The van der Waals surface area contributed by atoms with Gasteiger partial charge in [-0.25, -0.2) is 0 Å². The second-order valence-corrected chi connectivity index (χ2v) is 4.46. The number of nitrogens with zero attached hydrogens (tertiary/aromatic N) is 3. The number of aryl methyl sites for hydroxylation is 1. The van der Waals surface area contributed by atoms with Crippen LogP contribution in [0.2, 0.25) is 0 Å². The summed E-state index contributed by atoms with van der Waals surface area (Å²) in [7, 11) is 0. The predicted molar refractivity (Wildman–Crippen MR) is 68.0 cm³/mol. The van der Waals surface area contributed by atoms with Crippen molar-refractivity contribution in [2.75, 3.05) is 11.9 Å². The summed E-state index contributed by atoms with van der Waals surface area (Å²) in [5.41, 5.74) is 0.376. The van der Waals surface area contributed by atoms with Crippen LogP contribution in [-0.2, 0) is 0 Å². The molecule has 6 nitrogen and oxygen atoms in total. The van der Waals surface area contributed by atoms with Crippen LogP contribution in [0, 0.1) is 6.92 Å². The van der Waals surface area contributed by atoms with Crippen LogP contribution in [0.4, 0.5) is 5.82 Å². The number of anilines is 1. The maximum absolute atomic E-state index is 11.8. The summed E-state index contributed by atoms with van der Waals surface area (Å²) in [6.07, 6.45) is 2.95. The van der Waals surface area contributed by atoms with E-state index in [0.717, 1.165) is 4.88 Å². The minimum atomic E-state index is -0.303. The van der Waals surface area contributed by atoms with Gasteiger partial charge in [-0.05, 0) is 31.4 Å². The Labute approximate surface area is 108 Å². The first-order valence-corrected chi connectivity index (χ1v) is 6.16. The fourth-order valence-electron chi connectivity index (χ4n) is 1.28. The number of hydrogen-bond donors (Lipinski definition) is 1. The lowest BCUT2D eigenvalue weighted by molar-refractivity contribution is 0.102. The van der Waals surface area contributed by atoms with Gasteiger partial charge in [-0.1, -0.05) is 0 Å². The van der Waals surface area contributed by atoms with Gasteiger partial charge in [0.05, 0.1) is 19.0 Å². The van der Waals surface area contributed by atoms with E-state index in [4.69, 9.17) is 4.74 Å². The van der Waals surface area contributed by atoms with Crippen LogP contribution in [0.25, 0.3) is 0 Å². The van der Waals surface area contributed by atoms with E-state index >= 15 is 0 Å². The van der Waals surface area contributed by atoms with E-state index in [0.29, 0.717) is 24.0 Å². The SMILES string of the molecule is CCOc1cncc(NC(=O)c2cc(C)sn2)n1. The third-order valence-corrected chi connectivity index (χ3v) is 2.70. The number of carbonyl (C=O) groups excluding carboxylic acids is 1. The molecule has 2 aromatic heterocycles. The van der Waals surface area contributed by atoms with Crippen LogP contribution < -0.4 is 10.1 Å². The Kier molecular flexibility index (Phi) is 3.83. The number of amides is 1. The number of carbonyl (C=O) groups is 1. The van der Waals surface area contributed by atoms with Crippen molar-refractivity contribution in [3.8, 4) is 5.88 Å². The third-order valence-electron chi connectivity index (χ3n) is 2.01. The quantitative estimate of drug-likeness (QED) is 0.912. The highest BCUT2D eigenvalue weighted by Crippen LogP contribution is 2.12. The molecule has 0 bridgehead atoms. The van der Waals surface area contributed by atoms with E-state index in [1.54, 1.807) is 6.07 Å². The first kappa shape index (κ1) is 12.4. The van der Waals surface area contributed by atoms with Gasteiger partial charge in [-0.15, -0.1) is 0 Å². The molecule has 0 unspecified atom stereocenters. The Morgan fingerprint density at radius 1 is 1.50 bits per heavy atom. The van der Waals surface area contributed by atoms with Gasteiger partial charge in [0.1, 0.15) is 5.69 Å². The molecular weight excluding hydrogens is 252 g/mol. The highest BCUT2D eigenvalue weighted by atomic mass is 32.1. The molecule has 2 heterocycles. The standard InChI is InChI=1S/C11H12N4O2S/c1-3-17-10-6-12-5-9(13-10)14-11(16)8-4-7(2)18-15-8/h4-6H,3H2,1-2H3,(H,13,14,16). The fourth-order valence-corrected chi connectivity index (χ4v) is 1.82.